The number of ether oxygens (including phenoxy) is 1. The first-order valence-corrected chi connectivity index (χ1v) is 9.91. The number of anilines is 1. The Balaban J connectivity index is 1.44. The van der Waals surface area contributed by atoms with Crippen molar-refractivity contribution in [3.05, 3.63) is 59.7 Å². The average molecular weight is 403 g/mol. The fourth-order valence-electron chi connectivity index (χ4n) is 3.47. The highest BCUT2D eigenvalue weighted by molar-refractivity contribution is 5.89. The van der Waals surface area contributed by atoms with Gasteiger partial charge in [-0.2, -0.15) is 8.78 Å². The normalized spacial score (nSPS) is 17.2. The molecule has 0 spiro atoms. The highest BCUT2D eigenvalue weighted by Crippen LogP contribution is 2.20. The number of urea groups is 1. The van der Waals surface area contributed by atoms with E-state index in [1.54, 1.807) is 12.1 Å². The Kier molecular flexibility index (Phi) is 7.41. The summed E-state index contributed by atoms with van der Waals surface area (Å²) in [5.41, 5.74) is 2.74. The second-order valence-electron chi connectivity index (χ2n) is 7.34. The van der Waals surface area contributed by atoms with Crippen molar-refractivity contribution < 1.29 is 18.3 Å². The van der Waals surface area contributed by atoms with Gasteiger partial charge in [0.2, 0.25) is 0 Å². The molecule has 1 aliphatic heterocycles. The van der Waals surface area contributed by atoms with Crippen LogP contribution in [0.3, 0.4) is 0 Å². The molecular formula is C22H27F2N3O2. The van der Waals surface area contributed by atoms with E-state index in [2.05, 4.69) is 27.2 Å². The van der Waals surface area contributed by atoms with Crippen molar-refractivity contribution in [3.63, 3.8) is 0 Å². The summed E-state index contributed by atoms with van der Waals surface area (Å²) in [6.07, 6.45) is 3.82. The van der Waals surface area contributed by atoms with Crippen LogP contribution in [0.25, 0.3) is 0 Å². The van der Waals surface area contributed by atoms with Crippen molar-refractivity contribution in [2.75, 3.05) is 11.9 Å². The van der Waals surface area contributed by atoms with Crippen LogP contribution >= 0.6 is 0 Å². The smallest absolute Gasteiger partial charge is 0.387 e. The van der Waals surface area contributed by atoms with E-state index in [0.29, 0.717) is 6.04 Å². The number of amides is 2. The van der Waals surface area contributed by atoms with Crippen LogP contribution in [0.5, 0.6) is 5.75 Å². The van der Waals surface area contributed by atoms with Gasteiger partial charge in [-0.25, -0.2) is 4.79 Å². The first-order valence-electron chi connectivity index (χ1n) is 9.91. The Bertz CT molecular complexity index is 782. The first kappa shape index (κ1) is 21.0. The van der Waals surface area contributed by atoms with Gasteiger partial charge < -0.3 is 15.4 Å². The molecule has 1 atom stereocenters. The second kappa shape index (κ2) is 10.2. The number of carbonyl (C=O) groups is 1. The highest BCUT2D eigenvalue weighted by atomic mass is 19.3. The Labute approximate surface area is 170 Å². The molecule has 1 fully saturated rings. The quantitative estimate of drug-likeness (QED) is 0.685. The predicted octanol–water partition coefficient (Wildman–Crippen LogP) is 4.98. The minimum Gasteiger partial charge on any atom is -0.435 e. The van der Waals surface area contributed by atoms with Crippen LogP contribution in [0, 0.1) is 0 Å². The first-order chi connectivity index (χ1) is 14.0. The summed E-state index contributed by atoms with van der Waals surface area (Å²) in [5.74, 6) is 0.0900. The van der Waals surface area contributed by atoms with Crippen molar-refractivity contribution in [3.8, 4) is 5.75 Å². The zero-order valence-corrected chi connectivity index (χ0v) is 16.5. The molecule has 7 heteroatoms. The molecule has 2 N–H and O–H groups in total. The lowest BCUT2D eigenvalue weighted by molar-refractivity contribution is -0.0498. The number of rotatable bonds is 7. The van der Waals surface area contributed by atoms with Gasteiger partial charge in [0.25, 0.3) is 0 Å². The molecule has 0 bridgehead atoms. The van der Waals surface area contributed by atoms with Crippen LogP contribution in [-0.2, 0) is 13.1 Å². The number of nitrogens with one attached hydrogen (secondary N) is 2. The number of likely N-dealkylation sites (tertiary alicyclic amines) is 1. The Morgan fingerprint density at radius 1 is 1.10 bits per heavy atom. The molecule has 29 heavy (non-hydrogen) atoms. The molecule has 2 amide bonds. The van der Waals surface area contributed by atoms with Gasteiger partial charge >= 0.3 is 12.6 Å². The maximum atomic E-state index is 12.2. The maximum absolute atomic E-state index is 12.2. The van der Waals surface area contributed by atoms with Crippen molar-refractivity contribution in [1.29, 1.82) is 0 Å². The Morgan fingerprint density at radius 3 is 2.45 bits per heavy atom. The number of alkyl halides is 2. The lowest BCUT2D eigenvalue weighted by atomic mass is 10.0. The molecule has 0 radical (unpaired) electrons. The number of hydrogen-bond donors (Lipinski definition) is 2. The number of nitrogens with zero attached hydrogens (tertiary/aromatic N) is 1. The topological polar surface area (TPSA) is 53.6 Å². The molecule has 2 aromatic rings. The van der Waals surface area contributed by atoms with E-state index in [-0.39, 0.29) is 18.3 Å². The van der Waals surface area contributed by atoms with Gasteiger partial charge in [-0.15, -0.1) is 0 Å². The molecule has 0 aliphatic carbocycles. The molecule has 1 heterocycles. The van der Waals surface area contributed by atoms with E-state index in [1.807, 2.05) is 24.3 Å². The average Bonchev–Trinajstić information content (AvgIpc) is 2.70. The largest absolute Gasteiger partial charge is 0.435 e. The van der Waals surface area contributed by atoms with Crippen LogP contribution in [-0.4, -0.2) is 30.1 Å². The lowest BCUT2D eigenvalue weighted by Gasteiger charge is -2.33. The summed E-state index contributed by atoms with van der Waals surface area (Å²) in [6, 6.07) is 14.3. The maximum Gasteiger partial charge on any atom is 0.387 e. The number of carbonyl (C=O) groups excluding carboxylic acids is 1. The van der Waals surface area contributed by atoms with Crippen molar-refractivity contribution >= 4 is 11.7 Å². The van der Waals surface area contributed by atoms with Crippen molar-refractivity contribution in [1.82, 2.24) is 10.2 Å². The third kappa shape index (κ3) is 6.71. The van der Waals surface area contributed by atoms with Gasteiger partial charge in [-0.1, -0.05) is 30.7 Å². The zero-order valence-electron chi connectivity index (χ0n) is 16.5. The molecule has 2 aromatic carbocycles. The fraction of sp³-hybridized carbons (Fsp3) is 0.409. The van der Waals surface area contributed by atoms with Crippen LogP contribution in [0.1, 0.15) is 37.3 Å². The van der Waals surface area contributed by atoms with Gasteiger partial charge in [-0.3, -0.25) is 4.90 Å². The molecule has 0 saturated carbocycles. The zero-order chi connectivity index (χ0) is 20.6. The van der Waals surface area contributed by atoms with Crippen LogP contribution in [0.4, 0.5) is 19.3 Å². The monoisotopic (exact) mass is 403 g/mol. The number of halogens is 2. The summed E-state index contributed by atoms with van der Waals surface area (Å²) in [4.78, 5) is 14.6. The highest BCUT2D eigenvalue weighted by Gasteiger charge is 2.18. The Hall–Kier alpha value is -2.67. The SMILES string of the molecule is C[C@H]1CCCCN1Cc1ccc(NC(=O)NCc2ccc(OC(F)F)cc2)cc1. The van der Waals surface area contributed by atoms with Gasteiger partial charge in [0.05, 0.1) is 0 Å². The summed E-state index contributed by atoms with van der Waals surface area (Å²) in [6.45, 7) is 1.78. The third-order valence-corrected chi connectivity index (χ3v) is 5.14. The fourth-order valence-corrected chi connectivity index (χ4v) is 3.47. The number of piperidine rings is 1. The summed E-state index contributed by atoms with van der Waals surface area (Å²) in [5, 5.41) is 5.55. The molecular weight excluding hydrogens is 376 g/mol. The Morgan fingerprint density at radius 2 is 1.79 bits per heavy atom. The molecule has 1 saturated heterocycles. The number of hydrogen-bond acceptors (Lipinski definition) is 3. The molecule has 0 aromatic heterocycles. The standard InChI is InChI=1S/C22H27F2N3O2/c1-16-4-2-3-13-27(16)15-18-5-9-19(10-6-18)26-22(28)25-14-17-7-11-20(12-8-17)29-21(23)24/h5-12,16,21H,2-4,13-15H2,1H3,(H2,25,26,28)/t16-/m0/s1. The summed E-state index contributed by atoms with van der Waals surface area (Å²) >= 11 is 0. The summed E-state index contributed by atoms with van der Waals surface area (Å²) < 4.78 is 28.6. The van der Waals surface area contributed by atoms with Crippen molar-refractivity contribution in [2.45, 2.75) is 51.9 Å². The van der Waals surface area contributed by atoms with Crippen LogP contribution in [0.15, 0.2) is 48.5 Å². The van der Waals surface area contributed by atoms with Gasteiger partial charge in [0.1, 0.15) is 5.75 Å². The van der Waals surface area contributed by atoms with E-state index in [9.17, 15) is 13.6 Å². The van der Waals surface area contributed by atoms with E-state index in [4.69, 9.17) is 0 Å². The molecule has 1 aliphatic rings. The number of benzene rings is 2. The van der Waals surface area contributed by atoms with Crippen LogP contribution in [0.2, 0.25) is 0 Å². The second-order valence-corrected chi connectivity index (χ2v) is 7.34. The lowest BCUT2D eigenvalue weighted by Crippen LogP contribution is -2.36. The summed E-state index contributed by atoms with van der Waals surface area (Å²) in [7, 11) is 0. The van der Waals surface area contributed by atoms with E-state index < -0.39 is 6.61 Å². The van der Waals surface area contributed by atoms with Gasteiger partial charge in [-0.05, 0) is 61.7 Å². The minimum atomic E-state index is -2.85. The molecule has 156 valence electrons. The van der Waals surface area contributed by atoms with Gasteiger partial charge in [0.15, 0.2) is 0 Å². The molecule has 3 rings (SSSR count). The third-order valence-electron chi connectivity index (χ3n) is 5.14. The molecule has 0 unspecified atom stereocenters. The van der Waals surface area contributed by atoms with Gasteiger partial charge in [0, 0.05) is 24.8 Å². The van der Waals surface area contributed by atoms with Crippen molar-refractivity contribution in [2.24, 2.45) is 0 Å². The molecule has 5 nitrogen and oxygen atoms in total. The minimum absolute atomic E-state index is 0.0900. The predicted molar refractivity (Wildman–Crippen MR) is 109 cm³/mol. The van der Waals surface area contributed by atoms with Crippen LogP contribution < -0.4 is 15.4 Å². The van der Waals surface area contributed by atoms with E-state index in [1.165, 1.54) is 37.0 Å². The van der Waals surface area contributed by atoms with E-state index >= 15 is 0 Å². The van der Waals surface area contributed by atoms with E-state index in [0.717, 1.165) is 24.3 Å².